The van der Waals surface area contributed by atoms with E-state index in [4.69, 9.17) is 4.42 Å². The number of sulfone groups is 1. The van der Waals surface area contributed by atoms with Crippen LogP contribution in [-0.4, -0.2) is 24.6 Å². The van der Waals surface area contributed by atoms with E-state index in [0.29, 0.717) is 15.6 Å². The number of para-hydroxylation sites is 1. The Morgan fingerprint density at radius 1 is 1.16 bits per heavy atom. The minimum Gasteiger partial charge on any atom is -0.467 e. The Bertz CT molecular complexity index is 1350. The van der Waals surface area contributed by atoms with Crippen LogP contribution in [0.3, 0.4) is 0 Å². The summed E-state index contributed by atoms with van der Waals surface area (Å²) in [5.41, 5.74) is 0.365. The molecule has 0 fully saturated rings. The molecule has 1 amide bonds. The average molecular weight is 459 g/mol. The number of benzene rings is 2. The summed E-state index contributed by atoms with van der Waals surface area (Å²) >= 11 is 1.17. The number of hydrogen-bond acceptors (Lipinski definition) is 6. The molecule has 6 nitrogen and oxygen atoms in total. The van der Waals surface area contributed by atoms with Gasteiger partial charge in [0.15, 0.2) is 15.0 Å². The molecular formula is C22H19FN2O4S2. The van der Waals surface area contributed by atoms with Gasteiger partial charge in [-0.15, -0.1) is 0 Å². The molecule has 4 aromatic rings. The van der Waals surface area contributed by atoms with Crippen molar-refractivity contribution in [2.24, 2.45) is 0 Å². The number of furan rings is 1. The molecule has 0 aliphatic rings. The van der Waals surface area contributed by atoms with Crippen LogP contribution in [0.5, 0.6) is 0 Å². The van der Waals surface area contributed by atoms with Crippen LogP contribution in [0.15, 0.2) is 70.2 Å². The van der Waals surface area contributed by atoms with Gasteiger partial charge >= 0.3 is 0 Å². The highest BCUT2D eigenvalue weighted by atomic mass is 32.2. The zero-order valence-corrected chi connectivity index (χ0v) is 18.4. The third kappa shape index (κ3) is 4.11. The fourth-order valence-corrected chi connectivity index (χ4v) is 5.12. The lowest BCUT2D eigenvalue weighted by Gasteiger charge is -2.19. The molecule has 31 heavy (non-hydrogen) atoms. The Hall–Kier alpha value is -3.04. The van der Waals surface area contributed by atoms with E-state index in [1.165, 1.54) is 46.8 Å². The lowest BCUT2D eigenvalue weighted by Crippen LogP contribution is -2.30. The molecule has 2 heterocycles. The highest BCUT2D eigenvalue weighted by Gasteiger charge is 2.26. The molecule has 0 saturated carbocycles. The Morgan fingerprint density at radius 2 is 1.94 bits per heavy atom. The lowest BCUT2D eigenvalue weighted by molar-refractivity contribution is 0.0983. The van der Waals surface area contributed by atoms with Crippen LogP contribution in [-0.2, 0) is 16.4 Å². The first kappa shape index (κ1) is 21.2. The number of fused-ring (bicyclic) bond motifs is 1. The minimum atomic E-state index is -3.55. The maximum Gasteiger partial charge on any atom is 0.260 e. The monoisotopic (exact) mass is 458 g/mol. The Balaban J connectivity index is 1.78. The third-order valence-electron chi connectivity index (χ3n) is 4.76. The van der Waals surface area contributed by atoms with Crippen molar-refractivity contribution in [2.75, 3.05) is 4.90 Å². The number of aromatic nitrogens is 1. The van der Waals surface area contributed by atoms with E-state index in [1.54, 1.807) is 44.2 Å². The summed E-state index contributed by atoms with van der Waals surface area (Å²) in [4.78, 5) is 19.2. The van der Waals surface area contributed by atoms with Crippen LogP contribution in [0.1, 0.15) is 30.0 Å². The van der Waals surface area contributed by atoms with Gasteiger partial charge in [-0.3, -0.25) is 9.69 Å². The standard InChI is InChI=1S/C22H19FN2O4S2/c1-14(2)31(27,28)17-8-3-6-15(12-17)21(26)25(13-16-7-5-11-29-16)22-24-20-18(23)9-4-10-19(20)30-22/h3-12,14H,13H2,1-2H3. The second-order valence-corrected chi connectivity index (χ2v) is 10.7. The Kier molecular flexibility index (Phi) is 5.63. The molecule has 0 aliphatic heterocycles. The largest absolute Gasteiger partial charge is 0.467 e. The van der Waals surface area contributed by atoms with E-state index in [-0.39, 0.29) is 22.5 Å². The zero-order chi connectivity index (χ0) is 22.2. The Labute approximate surface area is 182 Å². The Morgan fingerprint density at radius 3 is 2.61 bits per heavy atom. The van der Waals surface area contributed by atoms with Crippen molar-refractivity contribution in [2.45, 2.75) is 30.5 Å². The molecule has 9 heteroatoms. The summed E-state index contributed by atoms with van der Waals surface area (Å²) in [6.45, 7) is 3.24. The number of carbonyl (C=O) groups excluding carboxylic acids is 1. The molecule has 4 rings (SSSR count). The molecule has 0 N–H and O–H groups in total. The first-order valence-electron chi connectivity index (χ1n) is 9.50. The number of carbonyl (C=O) groups is 1. The van der Waals surface area contributed by atoms with Gasteiger partial charge in [-0.25, -0.2) is 17.8 Å². The van der Waals surface area contributed by atoms with Gasteiger partial charge in [0.1, 0.15) is 17.1 Å². The average Bonchev–Trinajstić information content (AvgIpc) is 3.42. The van der Waals surface area contributed by atoms with Gasteiger partial charge in [0, 0.05) is 5.56 Å². The molecule has 0 radical (unpaired) electrons. The molecule has 0 saturated heterocycles. The third-order valence-corrected chi connectivity index (χ3v) is 7.95. The molecule has 0 unspecified atom stereocenters. The van der Waals surface area contributed by atoms with Crippen molar-refractivity contribution in [3.63, 3.8) is 0 Å². The van der Waals surface area contributed by atoms with Gasteiger partial charge in [0.25, 0.3) is 5.91 Å². The highest BCUT2D eigenvalue weighted by molar-refractivity contribution is 7.92. The van der Waals surface area contributed by atoms with E-state index >= 15 is 0 Å². The van der Waals surface area contributed by atoms with Crippen LogP contribution in [0, 0.1) is 5.82 Å². The van der Waals surface area contributed by atoms with Crippen LogP contribution in [0.2, 0.25) is 0 Å². The van der Waals surface area contributed by atoms with Crippen LogP contribution in [0.25, 0.3) is 10.2 Å². The van der Waals surface area contributed by atoms with E-state index < -0.39 is 26.8 Å². The normalized spacial score (nSPS) is 11.9. The molecular weight excluding hydrogens is 439 g/mol. The van der Waals surface area contributed by atoms with E-state index in [9.17, 15) is 17.6 Å². The number of hydrogen-bond donors (Lipinski definition) is 0. The number of nitrogens with zero attached hydrogens (tertiary/aromatic N) is 2. The molecule has 160 valence electrons. The predicted molar refractivity (Wildman–Crippen MR) is 118 cm³/mol. The molecule has 0 aliphatic carbocycles. The fourth-order valence-electron chi connectivity index (χ4n) is 3.04. The van der Waals surface area contributed by atoms with Crippen molar-refractivity contribution in [1.82, 2.24) is 4.98 Å². The molecule has 0 atom stereocenters. The van der Waals surface area contributed by atoms with Crippen LogP contribution >= 0.6 is 11.3 Å². The van der Waals surface area contributed by atoms with Gasteiger partial charge in [0.2, 0.25) is 0 Å². The van der Waals surface area contributed by atoms with Crippen molar-refractivity contribution in [3.8, 4) is 0 Å². The number of halogens is 1. The van der Waals surface area contributed by atoms with Crippen LogP contribution in [0.4, 0.5) is 9.52 Å². The number of anilines is 1. The van der Waals surface area contributed by atoms with Gasteiger partial charge in [-0.05, 0) is 56.3 Å². The maximum absolute atomic E-state index is 14.2. The van der Waals surface area contributed by atoms with Gasteiger partial charge in [-0.2, -0.15) is 0 Å². The van der Waals surface area contributed by atoms with E-state index in [0.717, 1.165) is 0 Å². The summed E-state index contributed by atoms with van der Waals surface area (Å²) < 4.78 is 45.3. The van der Waals surface area contributed by atoms with Gasteiger partial charge in [0.05, 0.1) is 27.7 Å². The van der Waals surface area contributed by atoms with E-state index in [2.05, 4.69) is 4.98 Å². The van der Waals surface area contributed by atoms with Crippen molar-refractivity contribution < 1.29 is 22.0 Å². The number of rotatable bonds is 6. The minimum absolute atomic E-state index is 0.0639. The molecule has 2 aromatic carbocycles. The van der Waals surface area contributed by atoms with Crippen LogP contribution < -0.4 is 4.90 Å². The lowest BCUT2D eigenvalue weighted by atomic mass is 10.2. The topological polar surface area (TPSA) is 80.5 Å². The number of thiazole rings is 1. The van der Waals surface area contributed by atoms with E-state index in [1.807, 2.05) is 0 Å². The SMILES string of the molecule is CC(C)S(=O)(=O)c1cccc(C(=O)N(Cc2ccco2)c2nc3c(F)cccc3s2)c1. The summed E-state index contributed by atoms with van der Waals surface area (Å²) in [5.74, 6) is -0.425. The van der Waals surface area contributed by atoms with Crippen molar-refractivity contribution >= 4 is 42.4 Å². The number of amides is 1. The summed E-state index contributed by atoms with van der Waals surface area (Å²) in [7, 11) is -3.55. The smallest absolute Gasteiger partial charge is 0.260 e. The quantitative estimate of drug-likeness (QED) is 0.404. The predicted octanol–water partition coefficient (Wildman–Crippen LogP) is 5.06. The maximum atomic E-state index is 14.2. The second kappa shape index (κ2) is 8.24. The molecule has 0 bridgehead atoms. The molecule has 0 spiro atoms. The summed E-state index contributed by atoms with van der Waals surface area (Å²) in [6, 6.07) is 13.9. The summed E-state index contributed by atoms with van der Waals surface area (Å²) in [6.07, 6.45) is 1.49. The second-order valence-electron chi connectivity index (χ2n) is 7.18. The fraction of sp³-hybridized carbons (Fsp3) is 0.182. The van der Waals surface area contributed by atoms with Crippen molar-refractivity contribution in [3.05, 3.63) is 78.0 Å². The van der Waals surface area contributed by atoms with Gasteiger partial charge in [-0.1, -0.05) is 23.5 Å². The van der Waals surface area contributed by atoms with Crippen molar-refractivity contribution in [1.29, 1.82) is 0 Å². The first-order chi connectivity index (χ1) is 14.8. The first-order valence-corrected chi connectivity index (χ1v) is 11.9. The van der Waals surface area contributed by atoms with Gasteiger partial charge < -0.3 is 4.42 Å². The zero-order valence-electron chi connectivity index (χ0n) is 16.8. The summed E-state index contributed by atoms with van der Waals surface area (Å²) in [5, 5.41) is -0.331. The highest BCUT2D eigenvalue weighted by Crippen LogP contribution is 2.32. The molecule has 2 aromatic heterocycles.